The summed E-state index contributed by atoms with van der Waals surface area (Å²) in [7, 11) is -1.93. The van der Waals surface area contributed by atoms with E-state index in [1.807, 2.05) is 13.8 Å². The molecule has 1 aromatic heterocycles. The van der Waals surface area contributed by atoms with Gasteiger partial charge in [-0.1, -0.05) is 0 Å². The first-order valence-electron chi connectivity index (χ1n) is 4.67. The Bertz CT molecular complexity index is 467. The van der Waals surface area contributed by atoms with Crippen molar-refractivity contribution in [3.8, 4) is 0 Å². The van der Waals surface area contributed by atoms with E-state index in [4.69, 9.17) is 5.11 Å². The third-order valence-electron chi connectivity index (χ3n) is 2.25. The smallest absolute Gasteiger partial charge is 0.245 e. The average Bonchev–Trinajstić information content (AvgIpc) is 2.58. The minimum Gasteiger partial charge on any atom is -0.391 e. The highest BCUT2D eigenvalue weighted by atomic mass is 79.9. The van der Waals surface area contributed by atoms with Crippen LogP contribution in [0.25, 0.3) is 0 Å². The normalized spacial score (nSPS) is 12.7. The van der Waals surface area contributed by atoms with Gasteiger partial charge in [-0.2, -0.15) is 4.31 Å². The minimum absolute atomic E-state index is 0.102. The standard InChI is InChI=1S/C9H14BrNO3S2/c1-6(2)11(3)16(13,14)8-4-7(5-12)15-9(8)10/h4,6,12H,5H2,1-3H3. The molecule has 0 unspecified atom stereocenters. The van der Waals surface area contributed by atoms with E-state index in [0.717, 1.165) is 0 Å². The zero-order valence-corrected chi connectivity index (χ0v) is 12.5. The van der Waals surface area contributed by atoms with Crippen LogP contribution in [-0.2, 0) is 16.6 Å². The van der Waals surface area contributed by atoms with Crippen LogP contribution in [0.2, 0.25) is 0 Å². The molecule has 16 heavy (non-hydrogen) atoms. The van der Waals surface area contributed by atoms with Crippen molar-refractivity contribution in [1.29, 1.82) is 0 Å². The van der Waals surface area contributed by atoms with Gasteiger partial charge in [-0.3, -0.25) is 0 Å². The molecule has 7 heteroatoms. The Morgan fingerprint density at radius 3 is 2.50 bits per heavy atom. The quantitative estimate of drug-likeness (QED) is 0.920. The summed E-state index contributed by atoms with van der Waals surface area (Å²) in [6.45, 7) is 3.47. The van der Waals surface area contributed by atoms with Gasteiger partial charge in [0.15, 0.2) is 0 Å². The van der Waals surface area contributed by atoms with Crippen LogP contribution in [-0.4, -0.2) is 30.9 Å². The van der Waals surface area contributed by atoms with Crippen molar-refractivity contribution < 1.29 is 13.5 Å². The van der Waals surface area contributed by atoms with E-state index < -0.39 is 10.0 Å². The van der Waals surface area contributed by atoms with Crippen LogP contribution in [0, 0.1) is 0 Å². The third-order valence-corrected chi connectivity index (χ3v) is 6.52. The molecule has 0 spiro atoms. The molecule has 0 aliphatic heterocycles. The molecule has 0 radical (unpaired) electrons. The second kappa shape index (κ2) is 5.14. The van der Waals surface area contributed by atoms with Crippen LogP contribution in [0.1, 0.15) is 18.7 Å². The molecule has 1 rings (SSSR count). The summed E-state index contributed by atoms with van der Waals surface area (Å²) in [6, 6.07) is 1.40. The number of hydrogen-bond acceptors (Lipinski definition) is 4. The Kier molecular flexibility index (Phi) is 4.53. The maximum Gasteiger partial charge on any atom is 0.245 e. The Hall–Kier alpha value is 0.0500. The van der Waals surface area contributed by atoms with Crippen molar-refractivity contribution in [3.05, 3.63) is 14.7 Å². The predicted molar refractivity (Wildman–Crippen MR) is 68.0 cm³/mol. The largest absolute Gasteiger partial charge is 0.391 e. The molecule has 92 valence electrons. The van der Waals surface area contributed by atoms with Crippen molar-refractivity contribution >= 4 is 37.3 Å². The van der Waals surface area contributed by atoms with E-state index in [-0.39, 0.29) is 17.5 Å². The zero-order chi connectivity index (χ0) is 12.5. The summed E-state index contributed by atoms with van der Waals surface area (Å²) < 4.78 is 26.1. The Morgan fingerprint density at radius 1 is 1.56 bits per heavy atom. The summed E-state index contributed by atoms with van der Waals surface area (Å²) >= 11 is 4.44. The molecule has 1 N–H and O–H groups in total. The molecule has 0 aliphatic rings. The van der Waals surface area contributed by atoms with E-state index in [9.17, 15) is 8.42 Å². The molecule has 0 fully saturated rings. The number of thiophene rings is 1. The van der Waals surface area contributed by atoms with Crippen molar-refractivity contribution in [2.24, 2.45) is 0 Å². The fraction of sp³-hybridized carbons (Fsp3) is 0.556. The van der Waals surface area contributed by atoms with E-state index in [2.05, 4.69) is 15.9 Å². The lowest BCUT2D eigenvalue weighted by atomic mass is 10.4. The summed E-state index contributed by atoms with van der Waals surface area (Å²) in [4.78, 5) is 0.848. The van der Waals surface area contributed by atoms with Gasteiger partial charge in [0.2, 0.25) is 10.0 Å². The minimum atomic E-state index is -3.47. The van der Waals surface area contributed by atoms with Crippen LogP contribution < -0.4 is 0 Å². The van der Waals surface area contributed by atoms with Crippen molar-refractivity contribution in [1.82, 2.24) is 4.31 Å². The molecule has 0 amide bonds. The summed E-state index contributed by atoms with van der Waals surface area (Å²) in [5.41, 5.74) is 0. The lowest BCUT2D eigenvalue weighted by Crippen LogP contribution is -2.32. The van der Waals surface area contributed by atoms with Gasteiger partial charge in [0, 0.05) is 18.0 Å². The van der Waals surface area contributed by atoms with Gasteiger partial charge in [0.1, 0.15) is 4.90 Å². The number of halogens is 1. The number of hydrogen-bond donors (Lipinski definition) is 1. The molecule has 0 saturated carbocycles. The number of nitrogens with zero attached hydrogens (tertiary/aromatic N) is 1. The summed E-state index contributed by atoms with van der Waals surface area (Å²) in [6.07, 6.45) is 0. The fourth-order valence-electron chi connectivity index (χ4n) is 1.08. The summed E-state index contributed by atoms with van der Waals surface area (Å²) in [5, 5.41) is 8.97. The first-order chi connectivity index (χ1) is 7.30. The highest BCUT2D eigenvalue weighted by molar-refractivity contribution is 9.11. The average molecular weight is 328 g/mol. The van der Waals surface area contributed by atoms with Crippen molar-refractivity contribution in [3.63, 3.8) is 0 Å². The van der Waals surface area contributed by atoms with Crippen LogP contribution >= 0.6 is 27.3 Å². The maximum absolute atomic E-state index is 12.1. The van der Waals surface area contributed by atoms with Gasteiger partial charge >= 0.3 is 0 Å². The fourth-order valence-corrected chi connectivity index (χ4v) is 4.94. The molecule has 0 bridgehead atoms. The van der Waals surface area contributed by atoms with Gasteiger partial charge < -0.3 is 5.11 Å². The number of sulfonamides is 1. The van der Waals surface area contributed by atoms with Gasteiger partial charge in [0.05, 0.1) is 10.4 Å². The predicted octanol–water partition coefficient (Wildman–Crippen LogP) is 2.03. The van der Waals surface area contributed by atoms with Crippen LogP contribution in [0.4, 0.5) is 0 Å². The Labute approximate surface area is 108 Å². The number of aliphatic hydroxyl groups excluding tert-OH is 1. The zero-order valence-electron chi connectivity index (χ0n) is 9.27. The van der Waals surface area contributed by atoms with Gasteiger partial charge in [0.25, 0.3) is 0 Å². The van der Waals surface area contributed by atoms with E-state index >= 15 is 0 Å². The number of rotatable bonds is 4. The topological polar surface area (TPSA) is 57.6 Å². The molecule has 0 saturated heterocycles. The monoisotopic (exact) mass is 327 g/mol. The molecular formula is C9H14BrNO3S2. The molecule has 0 aliphatic carbocycles. The lowest BCUT2D eigenvalue weighted by molar-refractivity contribution is 0.285. The van der Waals surface area contributed by atoms with Gasteiger partial charge in [-0.05, 0) is 35.8 Å². The Morgan fingerprint density at radius 2 is 2.12 bits per heavy atom. The highest BCUT2D eigenvalue weighted by Crippen LogP contribution is 2.33. The molecular weight excluding hydrogens is 314 g/mol. The molecule has 0 atom stereocenters. The third kappa shape index (κ3) is 2.65. The lowest BCUT2D eigenvalue weighted by Gasteiger charge is -2.20. The van der Waals surface area contributed by atoms with Crippen LogP contribution in [0.5, 0.6) is 0 Å². The highest BCUT2D eigenvalue weighted by Gasteiger charge is 2.27. The van der Waals surface area contributed by atoms with Crippen molar-refractivity contribution in [2.45, 2.75) is 31.4 Å². The molecule has 1 heterocycles. The van der Waals surface area contributed by atoms with E-state index in [0.29, 0.717) is 8.66 Å². The molecule has 4 nitrogen and oxygen atoms in total. The Balaban J connectivity index is 3.22. The van der Waals surface area contributed by atoms with E-state index in [1.54, 1.807) is 7.05 Å². The maximum atomic E-state index is 12.1. The van der Waals surface area contributed by atoms with Crippen molar-refractivity contribution in [2.75, 3.05) is 7.05 Å². The molecule has 0 aromatic carbocycles. The number of aliphatic hydroxyl groups is 1. The molecule has 1 aromatic rings. The second-order valence-electron chi connectivity index (χ2n) is 3.62. The second-order valence-corrected chi connectivity index (χ2v) is 8.04. The summed E-state index contributed by atoms with van der Waals surface area (Å²) in [5.74, 6) is 0. The van der Waals surface area contributed by atoms with Crippen LogP contribution in [0.3, 0.4) is 0 Å². The first kappa shape index (κ1) is 14.1. The first-order valence-corrected chi connectivity index (χ1v) is 7.72. The van der Waals surface area contributed by atoms with Gasteiger partial charge in [-0.15, -0.1) is 11.3 Å². The van der Waals surface area contributed by atoms with Gasteiger partial charge in [-0.25, -0.2) is 8.42 Å². The van der Waals surface area contributed by atoms with Crippen LogP contribution in [0.15, 0.2) is 14.7 Å². The van der Waals surface area contributed by atoms with E-state index in [1.165, 1.54) is 21.7 Å². The SMILES string of the molecule is CC(C)N(C)S(=O)(=O)c1cc(CO)sc1Br.